The van der Waals surface area contributed by atoms with Crippen LogP contribution < -0.4 is 26.7 Å². The smallest absolute Gasteiger partial charge is 0.485 e. The van der Waals surface area contributed by atoms with Crippen LogP contribution in [0.1, 0.15) is 61.5 Å². The molecular formula is C29H38B2Br4N3O5. The van der Waals surface area contributed by atoms with Gasteiger partial charge in [0.05, 0.1) is 18.7 Å². The van der Waals surface area contributed by atoms with Crippen molar-refractivity contribution in [2.75, 3.05) is 31.4 Å². The zero-order chi connectivity index (χ0) is 31.9. The quantitative estimate of drug-likeness (QED) is 0.124. The fraction of sp³-hybridized carbons (Fsp3) is 0.379. The first kappa shape index (κ1) is 37.6. The van der Waals surface area contributed by atoms with Gasteiger partial charge in [-0.3, -0.25) is 0 Å². The van der Waals surface area contributed by atoms with Crippen molar-refractivity contribution >= 4 is 91.1 Å². The molecule has 3 saturated carbocycles. The van der Waals surface area contributed by atoms with Crippen molar-refractivity contribution in [3.63, 3.8) is 0 Å². The van der Waals surface area contributed by atoms with Gasteiger partial charge in [0, 0.05) is 41.4 Å². The summed E-state index contributed by atoms with van der Waals surface area (Å²) in [5.41, 5.74) is 21.1. The Morgan fingerprint density at radius 3 is 1.56 bits per heavy atom. The minimum absolute atomic E-state index is 0.271. The van der Waals surface area contributed by atoms with Crippen LogP contribution in [0, 0.1) is 0 Å². The Bertz CT molecular complexity index is 1260. The Morgan fingerprint density at radius 2 is 1.16 bits per heavy atom. The monoisotopic (exact) mass is 846 g/mol. The molecule has 233 valence electrons. The predicted octanol–water partition coefficient (Wildman–Crippen LogP) is 7.89. The number of hydrogen-bond acceptors (Lipinski definition) is 8. The molecular weight excluding hydrogens is 812 g/mol. The Labute approximate surface area is 288 Å². The molecule has 1 radical (unpaired) electrons. The highest BCUT2D eigenvalue weighted by Gasteiger charge is 2.27. The van der Waals surface area contributed by atoms with Crippen LogP contribution in [0.5, 0.6) is 17.2 Å². The highest BCUT2D eigenvalue weighted by atomic mass is 79.9. The first-order valence-electron chi connectivity index (χ1n) is 13.6. The first-order chi connectivity index (χ1) is 20.5. The maximum Gasteiger partial charge on any atom is 0.485 e. The van der Waals surface area contributed by atoms with Gasteiger partial charge in [0.2, 0.25) is 0 Å². The zero-order valence-electron chi connectivity index (χ0n) is 24.2. The lowest BCUT2D eigenvalue weighted by Gasteiger charge is -2.07. The van der Waals surface area contributed by atoms with Crippen molar-refractivity contribution in [1.82, 2.24) is 0 Å². The van der Waals surface area contributed by atoms with Crippen LogP contribution in [-0.4, -0.2) is 41.3 Å². The average molecular weight is 850 g/mol. The number of anilines is 3. The largest absolute Gasteiger partial charge is 0.508 e. The Morgan fingerprint density at radius 1 is 0.721 bits per heavy atom. The van der Waals surface area contributed by atoms with Gasteiger partial charge >= 0.3 is 10.9 Å². The molecule has 0 unspecified atom stereocenters. The molecule has 3 aromatic rings. The van der Waals surface area contributed by atoms with E-state index in [0.29, 0.717) is 29.1 Å². The number of ether oxygens (including phenoxy) is 2. The van der Waals surface area contributed by atoms with Crippen LogP contribution in [0.3, 0.4) is 0 Å². The number of phenolic OH excluding ortho intramolecular Hbond substituents is 1. The molecule has 3 aliphatic rings. The lowest BCUT2D eigenvalue weighted by molar-refractivity contribution is 0.271. The van der Waals surface area contributed by atoms with Crippen LogP contribution in [0.15, 0.2) is 59.1 Å². The third kappa shape index (κ3) is 15.8. The second kappa shape index (κ2) is 19.7. The highest BCUT2D eigenvalue weighted by molar-refractivity contribution is 9.69. The van der Waals surface area contributed by atoms with E-state index in [4.69, 9.17) is 31.7 Å². The minimum Gasteiger partial charge on any atom is -0.508 e. The van der Waals surface area contributed by atoms with E-state index >= 15 is 0 Å². The Hall–Kier alpha value is -1.57. The van der Waals surface area contributed by atoms with Gasteiger partial charge in [-0.2, -0.15) is 0 Å². The zero-order valence-corrected chi connectivity index (χ0v) is 30.5. The lowest BCUT2D eigenvalue weighted by atomic mass is 10.1. The molecule has 8 N–H and O–H groups in total. The summed E-state index contributed by atoms with van der Waals surface area (Å²) in [5, 5.41) is 17.4. The molecule has 3 fully saturated rings. The fourth-order valence-electron chi connectivity index (χ4n) is 3.73. The topological polar surface area (TPSA) is 146 Å². The van der Waals surface area contributed by atoms with E-state index in [0.717, 1.165) is 53.7 Å². The van der Waals surface area contributed by atoms with E-state index in [2.05, 4.69) is 73.9 Å². The predicted molar refractivity (Wildman–Crippen MR) is 194 cm³/mol. The van der Waals surface area contributed by atoms with Crippen LogP contribution in [0.25, 0.3) is 0 Å². The second-order valence-corrected chi connectivity index (χ2v) is 17.2. The molecule has 8 nitrogen and oxygen atoms in total. The molecule has 0 bridgehead atoms. The normalized spacial score (nSPS) is 14.5. The minimum atomic E-state index is 0.271. The van der Waals surface area contributed by atoms with E-state index in [1.165, 1.54) is 31.2 Å². The Balaban J connectivity index is 0.000000196. The Kier molecular flexibility index (Phi) is 17.3. The molecule has 3 aliphatic carbocycles. The van der Waals surface area contributed by atoms with Crippen LogP contribution >= 0.6 is 63.2 Å². The molecule has 0 amide bonds. The number of nitrogens with two attached hydrogens (primary N) is 3. The summed E-state index contributed by atoms with van der Waals surface area (Å²) in [6.07, 6.45) is 7.55. The summed E-state index contributed by atoms with van der Waals surface area (Å²) in [5.74, 6) is 3.38. The summed E-state index contributed by atoms with van der Waals surface area (Å²) >= 11 is 12.6. The molecule has 43 heavy (non-hydrogen) atoms. The number of rotatable bonds is 6. The van der Waals surface area contributed by atoms with Crippen LogP contribution in [0.2, 0.25) is 0 Å². The summed E-state index contributed by atoms with van der Waals surface area (Å²) < 4.78 is 16.0. The van der Waals surface area contributed by atoms with E-state index in [-0.39, 0.29) is 3.18 Å². The number of benzene rings is 3. The van der Waals surface area contributed by atoms with E-state index < -0.39 is 0 Å². The van der Waals surface area contributed by atoms with Crippen molar-refractivity contribution in [2.45, 2.75) is 56.5 Å². The second-order valence-electron chi connectivity index (χ2n) is 9.95. The van der Waals surface area contributed by atoms with Crippen molar-refractivity contribution in [1.29, 1.82) is 0 Å². The lowest BCUT2D eigenvalue weighted by Crippen LogP contribution is -1.97. The molecule has 0 aliphatic heterocycles. The first-order valence-corrected chi connectivity index (χ1v) is 17.2. The van der Waals surface area contributed by atoms with Gasteiger partial charge in [-0.15, -0.1) is 47.3 Å². The standard InChI is InChI=1S/C10H13NO.C9H11NO.C7H8BrNO.C3H6BO2.BBr3/c1-12-10-6-8(11)4-5-9(10)7-2-3-7;10-7-3-4-8(6-1-2-6)9(11)5-7;1-10-7-4-5(9)2-3-6(7)8;5-4-6-3-1-2-3;2-1(3)4/h4-7H,2-3,11H2,1H3;3-6,11H,1-2,10H2;2-4H,9H2,1H3;3,5H,1-2H2;. The maximum atomic E-state index is 9.42. The van der Waals surface area contributed by atoms with Gasteiger partial charge in [0.1, 0.15) is 17.2 Å². The number of nitrogen functional groups attached to an aromatic ring is 3. The summed E-state index contributed by atoms with van der Waals surface area (Å²) in [6, 6.07) is 16.7. The van der Waals surface area contributed by atoms with E-state index in [1.54, 1.807) is 26.4 Å². The summed E-state index contributed by atoms with van der Waals surface area (Å²) in [4.78, 5) is 0. The third-order valence-corrected chi connectivity index (χ3v) is 6.95. The maximum absolute atomic E-state index is 9.42. The van der Waals surface area contributed by atoms with Crippen molar-refractivity contribution < 1.29 is 24.3 Å². The van der Waals surface area contributed by atoms with Gasteiger partial charge in [-0.05, 0) is 102 Å². The third-order valence-electron chi connectivity index (χ3n) is 6.30. The van der Waals surface area contributed by atoms with E-state index in [1.807, 2.05) is 36.4 Å². The SMILES string of the molecule is BrB(Br)Br.COc1cc(N)ccc1Br.COc1cc(N)ccc1C1CC1.Nc1ccc(C2CC2)c(O)c1.O[B]OC1CC1. The number of phenols is 1. The van der Waals surface area contributed by atoms with Gasteiger partial charge in [-0.25, -0.2) is 0 Å². The molecule has 3 aromatic carbocycles. The average Bonchev–Trinajstić information content (AvgIpc) is 3.80. The summed E-state index contributed by atoms with van der Waals surface area (Å²) in [6.45, 7) is 0. The van der Waals surface area contributed by atoms with Gasteiger partial charge in [0.15, 0.2) is 0 Å². The highest BCUT2D eigenvalue weighted by Crippen LogP contribution is 2.45. The molecule has 0 heterocycles. The van der Waals surface area contributed by atoms with Crippen LogP contribution in [-0.2, 0) is 4.65 Å². The fourth-order valence-corrected chi connectivity index (χ4v) is 4.13. The van der Waals surface area contributed by atoms with Crippen LogP contribution in [0.4, 0.5) is 17.1 Å². The number of aromatic hydroxyl groups is 1. The summed E-state index contributed by atoms with van der Waals surface area (Å²) in [7, 11) is 4.07. The molecule has 0 aromatic heterocycles. The molecule has 6 rings (SSSR count). The van der Waals surface area contributed by atoms with E-state index in [9.17, 15) is 5.11 Å². The molecule has 0 saturated heterocycles. The van der Waals surface area contributed by atoms with Gasteiger partial charge < -0.3 is 41.5 Å². The van der Waals surface area contributed by atoms with Gasteiger partial charge in [-0.1, -0.05) is 12.1 Å². The number of methoxy groups -OCH3 is 2. The molecule has 0 spiro atoms. The number of halogens is 4. The van der Waals surface area contributed by atoms with Crippen molar-refractivity contribution in [2.24, 2.45) is 0 Å². The van der Waals surface area contributed by atoms with Crippen molar-refractivity contribution in [3.8, 4) is 17.2 Å². The molecule has 0 atom stereocenters. The number of hydrogen-bond donors (Lipinski definition) is 5. The molecule has 14 heteroatoms. The van der Waals surface area contributed by atoms with Crippen molar-refractivity contribution in [3.05, 3.63) is 70.2 Å². The van der Waals surface area contributed by atoms with Gasteiger partial charge in [0.25, 0.3) is 0 Å².